The normalized spacial score (nSPS) is 12.7. The van der Waals surface area contributed by atoms with E-state index in [0.717, 1.165) is 0 Å². The second-order valence-corrected chi connectivity index (χ2v) is 5.69. The quantitative estimate of drug-likeness (QED) is 0.444. The van der Waals surface area contributed by atoms with Gasteiger partial charge in [0.05, 0.1) is 4.92 Å². The van der Waals surface area contributed by atoms with E-state index in [2.05, 4.69) is 10.7 Å². The van der Waals surface area contributed by atoms with Crippen LogP contribution in [0.2, 0.25) is 0 Å². The molecule has 1 atom stereocenters. The highest BCUT2D eigenvalue weighted by molar-refractivity contribution is 5.96. The van der Waals surface area contributed by atoms with Gasteiger partial charge in [0.1, 0.15) is 5.69 Å². The van der Waals surface area contributed by atoms with Gasteiger partial charge in [-0.25, -0.2) is 0 Å². The summed E-state index contributed by atoms with van der Waals surface area (Å²) in [5.74, 6) is 4.95. The van der Waals surface area contributed by atoms with E-state index in [1.165, 1.54) is 18.2 Å². The molecule has 110 valence electrons. The molecule has 7 heteroatoms. The Balaban J connectivity index is 2.98. The second-order valence-electron chi connectivity index (χ2n) is 5.69. The first kappa shape index (κ1) is 15.9. The fourth-order valence-electron chi connectivity index (χ4n) is 1.45. The van der Waals surface area contributed by atoms with E-state index in [-0.39, 0.29) is 28.7 Å². The van der Waals surface area contributed by atoms with Gasteiger partial charge in [0, 0.05) is 17.7 Å². The maximum atomic E-state index is 12.1. The molecule has 0 spiro atoms. The lowest BCUT2D eigenvalue weighted by atomic mass is 9.88. The molecule has 0 aliphatic carbocycles. The molecule has 1 rings (SSSR count). The lowest BCUT2D eigenvalue weighted by Crippen LogP contribution is -2.41. The Morgan fingerprint density at radius 2 is 2.00 bits per heavy atom. The molecule has 0 aliphatic rings. The van der Waals surface area contributed by atoms with Gasteiger partial charge in [0.25, 0.3) is 11.6 Å². The molecule has 0 bridgehead atoms. The SMILES string of the molecule is CC(NC(=O)c1ccc([N+](=O)[O-])c(NN)c1)C(C)(C)C. The number of hydrazine groups is 1. The number of hydrogen-bond acceptors (Lipinski definition) is 5. The van der Waals surface area contributed by atoms with Crippen LogP contribution in [-0.4, -0.2) is 16.9 Å². The number of nitro benzene ring substituents is 1. The van der Waals surface area contributed by atoms with Gasteiger partial charge in [-0.15, -0.1) is 0 Å². The van der Waals surface area contributed by atoms with E-state index in [4.69, 9.17) is 5.84 Å². The van der Waals surface area contributed by atoms with E-state index in [0.29, 0.717) is 5.56 Å². The van der Waals surface area contributed by atoms with Crippen molar-refractivity contribution < 1.29 is 9.72 Å². The Hall–Kier alpha value is -2.15. The molecule has 1 aromatic carbocycles. The molecular formula is C13H20N4O3. The third-order valence-electron chi connectivity index (χ3n) is 3.26. The van der Waals surface area contributed by atoms with Crippen molar-refractivity contribution in [2.75, 3.05) is 5.43 Å². The molecule has 7 nitrogen and oxygen atoms in total. The number of hydrogen-bond donors (Lipinski definition) is 3. The number of carbonyl (C=O) groups excluding carboxylic acids is 1. The van der Waals surface area contributed by atoms with Crippen molar-refractivity contribution in [2.24, 2.45) is 11.3 Å². The monoisotopic (exact) mass is 280 g/mol. The van der Waals surface area contributed by atoms with Gasteiger partial charge in [0.2, 0.25) is 0 Å². The summed E-state index contributed by atoms with van der Waals surface area (Å²) in [6, 6.07) is 3.98. The first-order valence-electron chi connectivity index (χ1n) is 6.22. The van der Waals surface area contributed by atoms with Crippen molar-refractivity contribution >= 4 is 17.3 Å². The number of amides is 1. The first-order valence-corrected chi connectivity index (χ1v) is 6.22. The number of benzene rings is 1. The van der Waals surface area contributed by atoms with E-state index in [1.54, 1.807) is 0 Å². The van der Waals surface area contributed by atoms with Crippen LogP contribution in [0, 0.1) is 15.5 Å². The number of nitro groups is 1. The summed E-state index contributed by atoms with van der Waals surface area (Å²) in [6.45, 7) is 7.95. The largest absolute Gasteiger partial charge is 0.349 e. The summed E-state index contributed by atoms with van der Waals surface area (Å²) in [5.41, 5.74) is 2.40. The molecule has 1 unspecified atom stereocenters. The van der Waals surface area contributed by atoms with E-state index in [9.17, 15) is 14.9 Å². The van der Waals surface area contributed by atoms with Crippen LogP contribution in [0.1, 0.15) is 38.1 Å². The summed E-state index contributed by atoms with van der Waals surface area (Å²) in [7, 11) is 0. The van der Waals surface area contributed by atoms with Crippen molar-refractivity contribution in [2.45, 2.75) is 33.7 Å². The van der Waals surface area contributed by atoms with Gasteiger partial charge < -0.3 is 10.7 Å². The smallest absolute Gasteiger partial charge is 0.293 e. The van der Waals surface area contributed by atoms with Gasteiger partial charge in [0.15, 0.2) is 0 Å². The third kappa shape index (κ3) is 3.67. The molecule has 1 amide bonds. The number of nitrogens with zero attached hydrogens (tertiary/aromatic N) is 1. The van der Waals surface area contributed by atoms with Gasteiger partial charge in [-0.3, -0.25) is 20.8 Å². The van der Waals surface area contributed by atoms with Crippen LogP contribution in [0.25, 0.3) is 0 Å². The number of nitrogen functional groups attached to an aromatic ring is 1. The van der Waals surface area contributed by atoms with Crippen LogP contribution >= 0.6 is 0 Å². The minimum absolute atomic E-state index is 0.0422. The molecule has 0 saturated heterocycles. The summed E-state index contributed by atoms with van der Waals surface area (Å²) in [6.07, 6.45) is 0. The Morgan fingerprint density at radius 1 is 1.40 bits per heavy atom. The summed E-state index contributed by atoms with van der Waals surface area (Å²) in [4.78, 5) is 22.3. The topological polar surface area (TPSA) is 110 Å². The Labute approximate surface area is 117 Å². The number of nitrogens with two attached hydrogens (primary N) is 1. The van der Waals surface area contributed by atoms with Crippen LogP contribution in [0.3, 0.4) is 0 Å². The van der Waals surface area contributed by atoms with E-state index < -0.39 is 4.92 Å². The van der Waals surface area contributed by atoms with E-state index >= 15 is 0 Å². The molecule has 1 aromatic rings. The van der Waals surface area contributed by atoms with Crippen molar-refractivity contribution in [1.82, 2.24) is 5.32 Å². The zero-order valence-corrected chi connectivity index (χ0v) is 12.1. The Morgan fingerprint density at radius 3 is 2.45 bits per heavy atom. The van der Waals surface area contributed by atoms with Crippen LogP contribution in [0.4, 0.5) is 11.4 Å². The highest BCUT2D eigenvalue weighted by atomic mass is 16.6. The lowest BCUT2D eigenvalue weighted by molar-refractivity contribution is -0.384. The van der Waals surface area contributed by atoms with Crippen LogP contribution in [-0.2, 0) is 0 Å². The lowest BCUT2D eigenvalue weighted by Gasteiger charge is -2.28. The van der Waals surface area contributed by atoms with Crippen molar-refractivity contribution in [3.63, 3.8) is 0 Å². The second kappa shape index (κ2) is 5.87. The average molecular weight is 280 g/mol. The molecule has 0 saturated carbocycles. The molecule has 0 fully saturated rings. The standard InChI is InChI=1S/C13H20N4O3/c1-8(13(2,3)4)15-12(18)9-5-6-11(17(19)20)10(7-9)16-14/h5-8,16H,14H2,1-4H3,(H,15,18). The maximum Gasteiger partial charge on any atom is 0.293 e. The number of rotatable bonds is 4. The molecule has 0 aliphatic heterocycles. The van der Waals surface area contributed by atoms with Gasteiger partial charge in [-0.05, 0) is 24.5 Å². The zero-order chi connectivity index (χ0) is 15.5. The number of carbonyl (C=O) groups is 1. The molecule has 0 radical (unpaired) electrons. The van der Waals surface area contributed by atoms with Crippen molar-refractivity contribution in [1.29, 1.82) is 0 Å². The summed E-state index contributed by atoms with van der Waals surface area (Å²) < 4.78 is 0. The number of nitrogens with one attached hydrogen (secondary N) is 2. The molecule has 0 aromatic heterocycles. The molecule has 0 heterocycles. The molecule has 20 heavy (non-hydrogen) atoms. The van der Waals surface area contributed by atoms with Crippen molar-refractivity contribution in [3.05, 3.63) is 33.9 Å². The fraction of sp³-hybridized carbons (Fsp3) is 0.462. The predicted octanol–water partition coefficient (Wildman–Crippen LogP) is 2.04. The average Bonchev–Trinajstić information content (AvgIpc) is 2.36. The highest BCUT2D eigenvalue weighted by Gasteiger charge is 2.23. The molecular weight excluding hydrogens is 260 g/mol. The Kier molecular flexibility index (Phi) is 4.67. The van der Waals surface area contributed by atoms with Gasteiger partial charge in [-0.1, -0.05) is 20.8 Å². The van der Waals surface area contributed by atoms with Crippen LogP contribution in [0.15, 0.2) is 18.2 Å². The molecule has 4 N–H and O–H groups in total. The highest BCUT2D eigenvalue weighted by Crippen LogP contribution is 2.25. The van der Waals surface area contributed by atoms with Gasteiger partial charge in [-0.2, -0.15) is 0 Å². The fourth-order valence-corrected chi connectivity index (χ4v) is 1.45. The predicted molar refractivity (Wildman–Crippen MR) is 77.3 cm³/mol. The van der Waals surface area contributed by atoms with Crippen LogP contribution in [0.5, 0.6) is 0 Å². The summed E-state index contributed by atoms with van der Waals surface area (Å²) >= 11 is 0. The van der Waals surface area contributed by atoms with Gasteiger partial charge >= 0.3 is 0 Å². The zero-order valence-electron chi connectivity index (χ0n) is 12.1. The number of anilines is 1. The third-order valence-corrected chi connectivity index (χ3v) is 3.26. The summed E-state index contributed by atoms with van der Waals surface area (Å²) in [5, 5.41) is 13.6. The van der Waals surface area contributed by atoms with Crippen molar-refractivity contribution in [3.8, 4) is 0 Å². The first-order chi connectivity index (χ1) is 9.16. The van der Waals surface area contributed by atoms with Crippen LogP contribution < -0.4 is 16.6 Å². The maximum absolute atomic E-state index is 12.1. The van der Waals surface area contributed by atoms with E-state index in [1.807, 2.05) is 27.7 Å². The minimum atomic E-state index is -0.561. The minimum Gasteiger partial charge on any atom is -0.349 e. The Bertz CT molecular complexity index is 523.